The molecular formula is C28H38N4O3. The average molecular weight is 479 g/mol. The molecule has 1 saturated heterocycles. The molecule has 7 heteroatoms. The third kappa shape index (κ3) is 6.08. The van der Waals surface area contributed by atoms with Gasteiger partial charge >= 0.3 is 0 Å². The van der Waals surface area contributed by atoms with E-state index >= 15 is 0 Å². The highest BCUT2D eigenvalue weighted by atomic mass is 16.5. The van der Waals surface area contributed by atoms with E-state index in [0.717, 1.165) is 75.4 Å². The van der Waals surface area contributed by atoms with E-state index in [2.05, 4.69) is 26.5 Å². The molecule has 0 radical (unpaired) electrons. The fraction of sp³-hybridized carbons (Fsp3) is 0.500. The van der Waals surface area contributed by atoms with Crippen molar-refractivity contribution >= 4 is 28.9 Å². The molecule has 2 fully saturated rings. The summed E-state index contributed by atoms with van der Waals surface area (Å²) in [4.78, 5) is 30.5. The second-order valence-electron chi connectivity index (χ2n) is 9.46. The fourth-order valence-electron chi connectivity index (χ4n) is 5.09. The first kappa shape index (κ1) is 24.9. The predicted molar refractivity (Wildman–Crippen MR) is 142 cm³/mol. The van der Waals surface area contributed by atoms with E-state index < -0.39 is 0 Å². The molecular weight excluding hydrogens is 440 g/mol. The van der Waals surface area contributed by atoms with Crippen LogP contribution in [0.3, 0.4) is 0 Å². The van der Waals surface area contributed by atoms with Gasteiger partial charge in [-0.2, -0.15) is 0 Å². The normalized spacial score (nSPS) is 16.6. The smallest absolute Gasteiger partial charge is 0.253 e. The zero-order valence-electron chi connectivity index (χ0n) is 21.0. The molecule has 0 bridgehead atoms. The Labute approximate surface area is 208 Å². The molecule has 1 heterocycles. The molecule has 0 unspecified atom stereocenters. The minimum absolute atomic E-state index is 0.0720. The summed E-state index contributed by atoms with van der Waals surface area (Å²) >= 11 is 0. The van der Waals surface area contributed by atoms with Crippen molar-refractivity contribution in [2.75, 3.05) is 55.0 Å². The number of rotatable bonds is 8. The van der Waals surface area contributed by atoms with Crippen molar-refractivity contribution in [2.45, 2.75) is 45.4 Å². The average Bonchev–Trinajstić information content (AvgIpc) is 2.92. The van der Waals surface area contributed by atoms with Gasteiger partial charge in [-0.05, 0) is 49.6 Å². The Morgan fingerprint density at radius 1 is 0.943 bits per heavy atom. The van der Waals surface area contributed by atoms with Crippen LogP contribution in [0.1, 0.15) is 55.8 Å². The van der Waals surface area contributed by atoms with Gasteiger partial charge in [0.05, 0.1) is 18.4 Å². The Balaban J connectivity index is 1.50. The fourth-order valence-corrected chi connectivity index (χ4v) is 5.09. The molecule has 1 aliphatic heterocycles. The molecule has 1 aliphatic carbocycles. The van der Waals surface area contributed by atoms with Gasteiger partial charge in [-0.3, -0.25) is 9.59 Å². The van der Waals surface area contributed by atoms with Crippen molar-refractivity contribution < 1.29 is 14.3 Å². The maximum atomic E-state index is 13.1. The van der Waals surface area contributed by atoms with Gasteiger partial charge in [0.25, 0.3) is 5.91 Å². The number of hydrogen-bond donors (Lipinski definition) is 2. The van der Waals surface area contributed by atoms with Gasteiger partial charge in [0.1, 0.15) is 5.75 Å². The number of methoxy groups -OCH3 is 1. The lowest BCUT2D eigenvalue weighted by Gasteiger charge is -2.38. The topological polar surface area (TPSA) is 73.9 Å². The summed E-state index contributed by atoms with van der Waals surface area (Å²) in [5, 5.41) is 6.09. The Morgan fingerprint density at radius 3 is 2.31 bits per heavy atom. The van der Waals surface area contributed by atoms with Gasteiger partial charge < -0.3 is 25.2 Å². The van der Waals surface area contributed by atoms with Crippen LogP contribution in [0.15, 0.2) is 42.5 Å². The lowest BCUT2D eigenvalue weighted by Crippen LogP contribution is -2.47. The number of amides is 2. The third-order valence-corrected chi connectivity index (χ3v) is 7.07. The zero-order valence-corrected chi connectivity index (χ0v) is 21.0. The van der Waals surface area contributed by atoms with Crippen LogP contribution in [0.4, 0.5) is 17.1 Å². The maximum absolute atomic E-state index is 13.1. The van der Waals surface area contributed by atoms with Crippen LogP contribution < -0.4 is 25.2 Å². The van der Waals surface area contributed by atoms with Gasteiger partial charge in [-0.1, -0.05) is 38.3 Å². The monoisotopic (exact) mass is 478 g/mol. The van der Waals surface area contributed by atoms with Gasteiger partial charge in [-0.15, -0.1) is 0 Å². The molecule has 2 aliphatic rings. The quantitative estimate of drug-likeness (QED) is 0.576. The highest BCUT2D eigenvalue weighted by Crippen LogP contribution is 2.31. The molecule has 188 valence electrons. The van der Waals surface area contributed by atoms with Crippen LogP contribution in [0.5, 0.6) is 5.75 Å². The SMILES string of the molecule is CCCNC(=O)c1cc(NC(=O)C2CCCCC2)ccc1N1CCN(c2ccccc2OC)CC1. The molecule has 2 amide bonds. The summed E-state index contributed by atoms with van der Waals surface area (Å²) in [6.45, 7) is 5.91. The number of piperazine rings is 1. The van der Waals surface area contributed by atoms with Crippen molar-refractivity contribution in [3.8, 4) is 5.75 Å². The standard InChI is InChI=1S/C28H38N4O3/c1-3-15-29-28(34)23-20-22(30-27(33)21-9-5-4-6-10-21)13-14-24(23)31-16-18-32(19-17-31)25-11-7-8-12-26(25)35-2/h7-8,11-14,20-21H,3-6,9-10,15-19H2,1-2H3,(H,29,34)(H,30,33). The summed E-state index contributed by atoms with van der Waals surface area (Å²) in [5.41, 5.74) is 3.31. The highest BCUT2D eigenvalue weighted by molar-refractivity contribution is 6.02. The van der Waals surface area contributed by atoms with Gasteiger partial charge in [0, 0.05) is 50.0 Å². The molecule has 0 spiro atoms. The van der Waals surface area contributed by atoms with E-state index in [0.29, 0.717) is 17.8 Å². The van der Waals surface area contributed by atoms with E-state index in [1.54, 1.807) is 7.11 Å². The number of hydrogen-bond acceptors (Lipinski definition) is 5. The number of anilines is 3. The van der Waals surface area contributed by atoms with Gasteiger partial charge in [0.2, 0.25) is 5.91 Å². The van der Waals surface area contributed by atoms with Crippen LogP contribution in [0.25, 0.3) is 0 Å². The van der Waals surface area contributed by atoms with E-state index in [9.17, 15) is 9.59 Å². The minimum Gasteiger partial charge on any atom is -0.495 e. The van der Waals surface area contributed by atoms with E-state index in [1.807, 2.05) is 43.3 Å². The van der Waals surface area contributed by atoms with Crippen molar-refractivity contribution in [1.82, 2.24) is 5.32 Å². The van der Waals surface area contributed by atoms with Gasteiger partial charge in [0.15, 0.2) is 0 Å². The second-order valence-corrected chi connectivity index (χ2v) is 9.46. The summed E-state index contributed by atoms with van der Waals surface area (Å²) in [6, 6.07) is 13.8. The summed E-state index contributed by atoms with van der Waals surface area (Å²) in [5.74, 6) is 0.924. The minimum atomic E-state index is -0.0947. The number of para-hydroxylation sites is 2. The Morgan fingerprint density at radius 2 is 1.63 bits per heavy atom. The van der Waals surface area contributed by atoms with Crippen LogP contribution in [0, 0.1) is 5.92 Å². The Bertz CT molecular complexity index is 1010. The molecule has 0 aromatic heterocycles. The summed E-state index contributed by atoms with van der Waals surface area (Å²) in [6.07, 6.45) is 6.21. The molecule has 2 aromatic rings. The predicted octanol–water partition coefficient (Wildman–Crippen LogP) is 4.68. The molecule has 2 N–H and O–H groups in total. The number of benzene rings is 2. The highest BCUT2D eigenvalue weighted by Gasteiger charge is 2.25. The Hall–Kier alpha value is -3.22. The lowest BCUT2D eigenvalue weighted by atomic mass is 9.88. The number of carbonyl (C=O) groups excluding carboxylic acids is 2. The van der Waals surface area contributed by atoms with Crippen LogP contribution >= 0.6 is 0 Å². The summed E-state index contributed by atoms with van der Waals surface area (Å²) < 4.78 is 5.54. The van der Waals surface area contributed by atoms with E-state index in [-0.39, 0.29) is 17.7 Å². The van der Waals surface area contributed by atoms with Crippen LogP contribution in [0.2, 0.25) is 0 Å². The lowest BCUT2D eigenvalue weighted by molar-refractivity contribution is -0.120. The van der Waals surface area contributed by atoms with Gasteiger partial charge in [-0.25, -0.2) is 0 Å². The van der Waals surface area contributed by atoms with Crippen molar-refractivity contribution in [2.24, 2.45) is 5.92 Å². The molecule has 2 aromatic carbocycles. The number of carbonyl (C=O) groups is 2. The van der Waals surface area contributed by atoms with Crippen molar-refractivity contribution in [3.05, 3.63) is 48.0 Å². The molecule has 0 atom stereocenters. The first-order valence-electron chi connectivity index (χ1n) is 13.0. The number of nitrogens with zero attached hydrogens (tertiary/aromatic N) is 2. The van der Waals surface area contributed by atoms with E-state index in [4.69, 9.17) is 4.74 Å². The first-order chi connectivity index (χ1) is 17.1. The van der Waals surface area contributed by atoms with E-state index in [1.165, 1.54) is 6.42 Å². The van der Waals surface area contributed by atoms with Crippen molar-refractivity contribution in [1.29, 1.82) is 0 Å². The first-order valence-corrected chi connectivity index (χ1v) is 13.0. The third-order valence-electron chi connectivity index (χ3n) is 7.07. The number of nitrogens with one attached hydrogen (secondary N) is 2. The molecule has 35 heavy (non-hydrogen) atoms. The molecule has 4 rings (SSSR count). The largest absolute Gasteiger partial charge is 0.495 e. The van der Waals surface area contributed by atoms with Crippen molar-refractivity contribution in [3.63, 3.8) is 0 Å². The molecule has 7 nitrogen and oxygen atoms in total. The maximum Gasteiger partial charge on any atom is 0.253 e. The number of ether oxygens (including phenoxy) is 1. The summed E-state index contributed by atoms with van der Waals surface area (Å²) in [7, 11) is 1.70. The van der Waals surface area contributed by atoms with Crippen LogP contribution in [-0.4, -0.2) is 51.6 Å². The zero-order chi connectivity index (χ0) is 24.6. The second kappa shape index (κ2) is 12.0. The Kier molecular flexibility index (Phi) is 8.50. The molecule has 1 saturated carbocycles. The van der Waals surface area contributed by atoms with Crippen LogP contribution in [-0.2, 0) is 4.79 Å².